The van der Waals surface area contributed by atoms with E-state index in [1.165, 1.54) is 21.2 Å². The van der Waals surface area contributed by atoms with Gasteiger partial charge in [-0.3, -0.25) is 0 Å². The molecule has 20 heavy (non-hydrogen) atoms. The molecule has 0 saturated heterocycles. The van der Waals surface area contributed by atoms with Gasteiger partial charge in [0.25, 0.3) is 0 Å². The molecule has 1 heterocycles. The third kappa shape index (κ3) is 3.04. The molecule has 1 atom stereocenters. The van der Waals surface area contributed by atoms with Crippen LogP contribution in [0.3, 0.4) is 0 Å². The van der Waals surface area contributed by atoms with Crippen molar-refractivity contribution in [3.05, 3.63) is 69.4 Å². The highest BCUT2D eigenvalue weighted by Crippen LogP contribution is 2.23. The molecule has 3 heteroatoms. The van der Waals surface area contributed by atoms with E-state index in [2.05, 4.69) is 60.8 Å². The lowest BCUT2D eigenvalue weighted by atomic mass is 10.0. The molecule has 1 unspecified atom stereocenters. The van der Waals surface area contributed by atoms with Gasteiger partial charge in [-0.25, -0.2) is 0 Å². The fourth-order valence-corrected chi connectivity index (χ4v) is 3.33. The van der Waals surface area contributed by atoms with Gasteiger partial charge < -0.3 is 5.32 Å². The highest BCUT2D eigenvalue weighted by molar-refractivity contribution is 7.16. The number of fused-ring (bicyclic) bond motifs is 1. The Balaban J connectivity index is 1.73. The molecule has 0 bridgehead atoms. The molecule has 1 nitrogen and oxygen atoms in total. The third-order valence-electron chi connectivity index (χ3n) is 3.48. The predicted molar refractivity (Wildman–Crippen MR) is 88.5 cm³/mol. The first kappa shape index (κ1) is 13.6. The second-order valence-electron chi connectivity index (χ2n) is 4.91. The molecule has 0 radical (unpaired) electrons. The molecule has 0 aliphatic rings. The first-order valence-corrected chi connectivity index (χ1v) is 7.88. The lowest BCUT2D eigenvalue weighted by Gasteiger charge is -2.14. The van der Waals surface area contributed by atoms with E-state index in [0.29, 0.717) is 6.04 Å². The second kappa shape index (κ2) is 5.96. The van der Waals surface area contributed by atoms with Crippen LogP contribution >= 0.6 is 22.9 Å². The van der Waals surface area contributed by atoms with Crippen LogP contribution in [0.1, 0.15) is 23.4 Å². The van der Waals surface area contributed by atoms with E-state index in [-0.39, 0.29) is 0 Å². The highest BCUT2D eigenvalue weighted by Gasteiger charge is 2.06. The summed E-state index contributed by atoms with van der Waals surface area (Å²) in [6, 6.07) is 19.4. The molecule has 0 amide bonds. The monoisotopic (exact) mass is 301 g/mol. The van der Waals surface area contributed by atoms with Crippen LogP contribution in [0.4, 0.5) is 0 Å². The molecule has 3 aromatic rings. The first-order valence-electron chi connectivity index (χ1n) is 6.69. The normalized spacial score (nSPS) is 12.7. The molecule has 102 valence electrons. The highest BCUT2D eigenvalue weighted by atomic mass is 35.5. The fraction of sp³-hybridized carbons (Fsp3) is 0.176. The third-order valence-corrected chi connectivity index (χ3v) is 4.72. The molecule has 2 aromatic carbocycles. The minimum absolute atomic E-state index is 0.320. The van der Waals surface area contributed by atoms with Crippen LogP contribution in [0.15, 0.2) is 54.6 Å². The van der Waals surface area contributed by atoms with Crippen LogP contribution in [-0.4, -0.2) is 0 Å². The van der Waals surface area contributed by atoms with Crippen LogP contribution in [-0.2, 0) is 6.54 Å². The number of benzene rings is 2. The molecule has 0 saturated carbocycles. The maximum absolute atomic E-state index is 5.95. The van der Waals surface area contributed by atoms with E-state index in [0.717, 1.165) is 10.9 Å². The Bertz CT molecular complexity index is 720. The SMILES string of the molecule is CC(NCc1ccc(Cl)s1)c1ccc2ccccc2c1. The van der Waals surface area contributed by atoms with Gasteiger partial charge in [0.1, 0.15) is 0 Å². The Labute approximate surface area is 128 Å². The van der Waals surface area contributed by atoms with Crippen molar-refractivity contribution < 1.29 is 0 Å². The lowest BCUT2D eigenvalue weighted by Crippen LogP contribution is -2.17. The molecule has 0 fully saturated rings. The van der Waals surface area contributed by atoms with E-state index >= 15 is 0 Å². The van der Waals surface area contributed by atoms with E-state index < -0.39 is 0 Å². The standard InChI is InChI=1S/C17H16ClNS/c1-12(19-11-16-8-9-17(18)20-16)14-7-6-13-4-2-3-5-15(13)10-14/h2-10,12,19H,11H2,1H3. The Morgan fingerprint density at radius 1 is 1.05 bits per heavy atom. The van der Waals surface area contributed by atoms with E-state index in [4.69, 9.17) is 11.6 Å². The molecule has 3 rings (SSSR count). The maximum atomic E-state index is 5.95. The van der Waals surface area contributed by atoms with Gasteiger partial charge >= 0.3 is 0 Å². The summed E-state index contributed by atoms with van der Waals surface area (Å²) in [5.41, 5.74) is 1.31. The van der Waals surface area contributed by atoms with Crippen molar-refractivity contribution in [1.29, 1.82) is 0 Å². The average molecular weight is 302 g/mol. The summed E-state index contributed by atoms with van der Waals surface area (Å²) in [5.74, 6) is 0. The Hall–Kier alpha value is -1.35. The van der Waals surface area contributed by atoms with Crippen molar-refractivity contribution in [2.45, 2.75) is 19.5 Å². The van der Waals surface area contributed by atoms with E-state index in [9.17, 15) is 0 Å². The first-order chi connectivity index (χ1) is 9.72. The van der Waals surface area contributed by atoms with Gasteiger partial charge in [-0.2, -0.15) is 0 Å². The summed E-state index contributed by atoms with van der Waals surface area (Å²) in [7, 11) is 0. The molecule has 0 aliphatic heterocycles. The number of halogens is 1. The largest absolute Gasteiger partial charge is 0.305 e. The predicted octanol–water partition coefficient (Wildman–Crippen LogP) is 5.41. The number of rotatable bonds is 4. The minimum atomic E-state index is 0.320. The number of nitrogens with one attached hydrogen (secondary N) is 1. The zero-order chi connectivity index (χ0) is 13.9. The molecular weight excluding hydrogens is 286 g/mol. The topological polar surface area (TPSA) is 12.0 Å². The molecular formula is C17H16ClNS. The Morgan fingerprint density at radius 2 is 1.85 bits per heavy atom. The zero-order valence-electron chi connectivity index (χ0n) is 11.3. The Kier molecular flexibility index (Phi) is 4.06. The summed E-state index contributed by atoms with van der Waals surface area (Å²) >= 11 is 7.58. The zero-order valence-corrected chi connectivity index (χ0v) is 12.8. The lowest BCUT2D eigenvalue weighted by molar-refractivity contribution is 0.579. The van der Waals surface area contributed by atoms with Gasteiger partial charge in [0.2, 0.25) is 0 Å². The van der Waals surface area contributed by atoms with E-state index in [1.807, 2.05) is 6.07 Å². The van der Waals surface area contributed by atoms with Crippen molar-refractivity contribution >= 4 is 33.7 Å². The van der Waals surface area contributed by atoms with Gasteiger partial charge in [0.05, 0.1) is 4.34 Å². The molecule has 0 aliphatic carbocycles. The van der Waals surface area contributed by atoms with Crippen LogP contribution in [0, 0.1) is 0 Å². The Morgan fingerprint density at radius 3 is 2.60 bits per heavy atom. The summed E-state index contributed by atoms with van der Waals surface area (Å²) in [6.45, 7) is 3.05. The number of hydrogen-bond acceptors (Lipinski definition) is 2. The minimum Gasteiger partial charge on any atom is -0.305 e. The van der Waals surface area contributed by atoms with Crippen LogP contribution < -0.4 is 5.32 Å². The van der Waals surface area contributed by atoms with Crippen molar-refractivity contribution in [2.24, 2.45) is 0 Å². The summed E-state index contributed by atoms with van der Waals surface area (Å²) < 4.78 is 0.847. The molecule has 1 aromatic heterocycles. The van der Waals surface area contributed by atoms with Crippen molar-refractivity contribution in [1.82, 2.24) is 5.32 Å². The smallest absolute Gasteiger partial charge is 0.0931 e. The summed E-state index contributed by atoms with van der Waals surface area (Å²) in [4.78, 5) is 1.27. The van der Waals surface area contributed by atoms with Gasteiger partial charge in [-0.05, 0) is 41.5 Å². The van der Waals surface area contributed by atoms with Crippen molar-refractivity contribution in [3.8, 4) is 0 Å². The van der Waals surface area contributed by atoms with Crippen molar-refractivity contribution in [3.63, 3.8) is 0 Å². The molecule has 1 N–H and O–H groups in total. The van der Waals surface area contributed by atoms with Gasteiger partial charge in [-0.15, -0.1) is 11.3 Å². The summed E-state index contributed by atoms with van der Waals surface area (Å²) in [6.07, 6.45) is 0. The van der Waals surface area contributed by atoms with Gasteiger partial charge in [-0.1, -0.05) is 48.0 Å². The summed E-state index contributed by atoms with van der Waals surface area (Å²) in [5, 5.41) is 6.12. The van der Waals surface area contributed by atoms with Crippen molar-refractivity contribution in [2.75, 3.05) is 0 Å². The number of hydrogen-bond donors (Lipinski definition) is 1. The van der Waals surface area contributed by atoms with Gasteiger partial charge in [0.15, 0.2) is 0 Å². The molecule has 0 spiro atoms. The number of thiophene rings is 1. The van der Waals surface area contributed by atoms with Crippen LogP contribution in [0.5, 0.6) is 0 Å². The average Bonchev–Trinajstić information content (AvgIpc) is 2.90. The van der Waals surface area contributed by atoms with Gasteiger partial charge in [0, 0.05) is 17.5 Å². The quantitative estimate of drug-likeness (QED) is 0.680. The fourth-order valence-electron chi connectivity index (χ4n) is 2.30. The van der Waals surface area contributed by atoms with E-state index in [1.54, 1.807) is 11.3 Å². The second-order valence-corrected chi connectivity index (χ2v) is 6.71. The van der Waals surface area contributed by atoms with Crippen LogP contribution in [0.2, 0.25) is 4.34 Å². The van der Waals surface area contributed by atoms with Crippen LogP contribution in [0.25, 0.3) is 10.8 Å². The maximum Gasteiger partial charge on any atom is 0.0931 e.